The Balaban J connectivity index is 2.14. The highest BCUT2D eigenvalue weighted by molar-refractivity contribution is 5.25. The Morgan fingerprint density at radius 2 is 2.31 bits per heavy atom. The third-order valence-electron chi connectivity index (χ3n) is 3.17. The van der Waals surface area contributed by atoms with E-state index in [-0.39, 0.29) is 12.1 Å². The van der Waals surface area contributed by atoms with Crippen molar-refractivity contribution in [1.82, 2.24) is 5.43 Å². The number of hydrogen-bond acceptors (Lipinski definition) is 3. The zero-order valence-corrected chi connectivity index (χ0v) is 9.78. The molecular weight excluding hydrogens is 200 g/mol. The molecule has 2 atom stereocenters. The van der Waals surface area contributed by atoms with Gasteiger partial charge in [-0.2, -0.15) is 0 Å². The van der Waals surface area contributed by atoms with Gasteiger partial charge >= 0.3 is 0 Å². The molecule has 88 valence electrons. The average molecular weight is 220 g/mol. The lowest BCUT2D eigenvalue weighted by Gasteiger charge is -2.30. The summed E-state index contributed by atoms with van der Waals surface area (Å²) in [6.45, 7) is 2.95. The molecule has 0 spiro atoms. The minimum absolute atomic E-state index is 0.111. The third kappa shape index (κ3) is 2.61. The number of rotatable bonds is 3. The molecule has 3 N–H and O–H groups in total. The van der Waals surface area contributed by atoms with Crippen LogP contribution < -0.4 is 11.3 Å². The maximum atomic E-state index is 5.78. The number of hydrogen-bond donors (Lipinski definition) is 2. The van der Waals surface area contributed by atoms with Crippen molar-refractivity contribution >= 4 is 0 Å². The van der Waals surface area contributed by atoms with E-state index in [1.54, 1.807) is 0 Å². The van der Waals surface area contributed by atoms with Crippen LogP contribution in [0.1, 0.15) is 36.4 Å². The largest absolute Gasteiger partial charge is 0.376 e. The van der Waals surface area contributed by atoms with Crippen molar-refractivity contribution < 1.29 is 4.74 Å². The smallest absolute Gasteiger partial charge is 0.0782 e. The van der Waals surface area contributed by atoms with Crippen molar-refractivity contribution in [2.24, 2.45) is 5.84 Å². The van der Waals surface area contributed by atoms with E-state index in [2.05, 4.69) is 36.6 Å². The van der Waals surface area contributed by atoms with E-state index >= 15 is 0 Å². The first-order chi connectivity index (χ1) is 7.81. The Hall–Kier alpha value is -0.900. The van der Waals surface area contributed by atoms with Gasteiger partial charge in [-0.05, 0) is 31.7 Å². The molecule has 0 saturated carbocycles. The van der Waals surface area contributed by atoms with Gasteiger partial charge in [0.25, 0.3) is 0 Å². The van der Waals surface area contributed by atoms with Gasteiger partial charge in [0, 0.05) is 6.61 Å². The van der Waals surface area contributed by atoms with Crippen LogP contribution in [0.3, 0.4) is 0 Å². The Kier molecular flexibility index (Phi) is 3.93. The lowest BCUT2D eigenvalue weighted by Crippen LogP contribution is -2.39. The molecule has 0 amide bonds. The van der Waals surface area contributed by atoms with Crippen molar-refractivity contribution in [2.45, 2.75) is 38.3 Å². The lowest BCUT2D eigenvalue weighted by molar-refractivity contribution is -0.00822. The van der Waals surface area contributed by atoms with Gasteiger partial charge in [-0.1, -0.05) is 29.8 Å². The van der Waals surface area contributed by atoms with Gasteiger partial charge < -0.3 is 4.74 Å². The van der Waals surface area contributed by atoms with Crippen molar-refractivity contribution in [3.05, 3.63) is 35.4 Å². The first-order valence-electron chi connectivity index (χ1n) is 5.95. The minimum atomic E-state index is 0.111. The van der Waals surface area contributed by atoms with E-state index in [1.807, 2.05) is 0 Å². The lowest BCUT2D eigenvalue weighted by atomic mass is 9.95. The Labute approximate surface area is 97.0 Å². The van der Waals surface area contributed by atoms with Gasteiger partial charge in [0.2, 0.25) is 0 Å². The molecule has 1 heterocycles. The van der Waals surface area contributed by atoms with Crippen LogP contribution in [0.5, 0.6) is 0 Å². The van der Waals surface area contributed by atoms with Gasteiger partial charge in [0.05, 0.1) is 12.1 Å². The van der Waals surface area contributed by atoms with E-state index in [0.717, 1.165) is 13.0 Å². The monoisotopic (exact) mass is 220 g/mol. The van der Waals surface area contributed by atoms with Crippen LogP contribution in [0, 0.1) is 6.92 Å². The fourth-order valence-corrected chi connectivity index (χ4v) is 2.31. The molecule has 0 aromatic heterocycles. The summed E-state index contributed by atoms with van der Waals surface area (Å²) in [5.74, 6) is 5.66. The number of benzene rings is 1. The van der Waals surface area contributed by atoms with Gasteiger partial charge in [0.15, 0.2) is 0 Å². The standard InChI is InChI=1S/C13H20N2O/c1-10-5-4-6-11(9-10)13(15-14)12-7-2-3-8-16-12/h4-6,9,12-13,15H,2-3,7-8,14H2,1H3. The predicted octanol–water partition coefficient (Wildman–Crippen LogP) is 2.07. The summed E-state index contributed by atoms with van der Waals surface area (Å²) in [6.07, 6.45) is 3.69. The molecule has 2 unspecified atom stereocenters. The van der Waals surface area contributed by atoms with Crippen LogP contribution in [0.4, 0.5) is 0 Å². The van der Waals surface area contributed by atoms with Gasteiger partial charge in [-0.15, -0.1) is 0 Å². The van der Waals surface area contributed by atoms with Gasteiger partial charge in [-0.3, -0.25) is 11.3 Å². The predicted molar refractivity (Wildman–Crippen MR) is 64.8 cm³/mol. The summed E-state index contributed by atoms with van der Waals surface area (Å²) >= 11 is 0. The SMILES string of the molecule is Cc1cccc(C(NN)C2CCCCO2)c1. The van der Waals surface area contributed by atoms with Crippen LogP contribution in [-0.2, 0) is 4.74 Å². The second kappa shape index (κ2) is 5.43. The summed E-state index contributed by atoms with van der Waals surface area (Å²) in [7, 11) is 0. The first kappa shape index (κ1) is 11.6. The Morgan fingerprint density at radius 1 is 1.44 bits per heavy atom. The maximum absolute atomic E-state index is 5.78. The van der Waals surface area contributed by atoms with E-state index in [0.29, 0.717) is 0 Å². The Bertz CT molecular complexity index is 334. The molecule has 1 saturated heterocycles. The highest BCUT2D eigenvalue weighted by atomic mass is 16.5. The molecule has 1 aliphatic heterocycles. The topological polar surface area (TPSA) is 47.3 Å². The van der Waals surface area contributed by atoms with E-state index in [4.69, 9.17) is 10.6 Å². The summed E-state index contributed by atoms with van der Waals surface area (Å²) in [4.78, 5) is 0. The molecule has 2 rings (SSSR count). The normalized spacial score (nSPS) is 23.0. The number of nitrogens with one attached hydrogen (secondary N) is 1. The number of aryl methyl sites for hydroxylation is 1. The summed E-state index contributed by atoms with van der Waals surface area (Å²) in [6, 6.07) is 8.55. The molecule has 1 aromatic rings. The highest BCUT2D eigenvalue weighted by Gasteiger charge is 2.24. The van der Waals surface area contributed by atoms with E-state index in [1.165, 1.54) is 24.0 Å². The van der Waals surface area contributed by atoms with Gasteiger partial charge in [-0.25, -0.2) is 0 Å². The quantitative estimate of drug-likeness (QED) is 0.605. The van der Waals surface area contributed by atoms with Crippen molar-refractivity contribution in [3.63, 3.8) is 0 Å². The second-order valence-corrected chi connectivity index (χ2v) is 4.46. The van der Waals surface area contributed by atoms with Crippen LogP contribution in [0.2, 0.25) is 0 Å². The summed E-state index contributed by atoms with van der Waals surface area (Å²) < 4.78 is 5.78. The number of nitrogens with two attached hydrogens (primary N) is 1. The fourth-order valence-electron chi connectivity index (χ4n) is 2.31. The maximum Gasteiger partial charge on any atom is 0.0782 e. The van der Waals surface area contributed by atoms with E-state index in [9.17, 15) is 0 Å². The number of ether oxygens (including phenoxy) is 1. The molecule has 0 radical (unpaired) electrons. The molecule has 0 aliphatic carbocycles. The van der Waals surface area contributed by atoms with E-state index < -0.39 is 0 Å². The minimum Gasteiger partial charge on any atom is -0.376 e. The highest BCUT2D eigenvalue weighted by Crippen LogP contribution is 2.26. The molecule has 1 fully saturated rings. The zero-order valence-electron chi connectivity index (χ0n) is 9.78. The molecule has 16 heavy (non-hydrogen) atoms. The molecule has 1 aromatic carbocycles. The van der Waals surface area contributed by atoms with Crippen LogP contribution in [0.25, 0.3) is 0 Å². The summed E-state index contributed by atoms with van der Waals surface area (Å²) in [5.41, 5.74) is 5.37. The van der Waals surface area contributed by atoms with Crippen molar-refractivity contribution in [3.8, 4) is 0 Å². The Morgan fingerprint density at radius 3 is 2.94 bits per heavy atom. The average Bonchev–Trinajstić information content (AvgIpc) is 2.31. The number of hydrazine groups is 1. The van der Waals surface area contributed by atoms with Gasteiger partial charge in [0.1, 0.15) is 0 Å². The fraction of sp³-hybridized carbons (Fsp3) is 0.538. The van der Waals surface area contributed by atoms with Crippen LogP contribution in [0.15, 0.2) is 24.3 Å². The van der Waals surface area contributed by atoms with Crippen LogP contribution in [-0.4, -0.2) is 12.7 Å². The summed E-state index contributed by atoms with van der Waals surface area (Å²) in [5, 5.41) is 0. The molecule has 1 aliphatic rings. The first-order valence-corrected chi connectivity index (χ1v) is 5.95. The molecule has 0 bridgehead atoms. The molecule has 3 heteroatoms. The molecular formula is C13H20N2O. The molecule has 3 nitrogen and oxygen atoms in total. The van der Waals surface area contributed by atoms with Crippen LogP contribution >= 0.6 is 0 Å². The third-order valence-corrected chi connectivity index (χ3v) is 3.17. The van der Waals surface area contributed by atoms with Crippen molar-refractivity contribution in [2.75, 3.05) is 6.61 Å². The van der Waals surface area contributed by atoms with Crippen molar-refractivity contribution in [1.29, 1.82) is 0 Å². The zero-order chi connectivity index (χ0) is 11.4. The second-order valence-electron chi connectivity index (χ2n) is 4.46.